The van der Waals surface area contributed by atoms with Gasteiger partial charge in [0.2, 0.25) is 0 Å². The van der Waals surface area contributed by atoms with Crippen LogP contribution < -0.4 is 5.32 Å². The molecule has 5 fully saturated rings. The van der Waals surface area contributed by atoms with Crippen molar-refractivity contribution in [2.75, 3.05) is 13.1 Å². The second kappa shape index (κ2) is 10.0. The summed E-state index contributed by atoms with van der Waals surface area (Å²) in [7, 11) is -0.558. The van der Waals surface area contributed by atoms with E-state index in [1.807, 2.05) is 51.1 Å². The quantitative estimate of drug-likeness (QED) is 0.544. The lowest BCUT2D eigenvalue weighted by Gasteiger charge is -2.64. The van der Waals surface area contributed by atoms with E-state index < -0.39 is 30.9 Å². The van der Waals surface area contributed by atoms with Crippen LogP contribution in [0.15, 0.2) is 30.3 Å². The van der Waals surface area contributed by atoms with Crippen molar-refractivity contribution in [3.8, 4) is 0 Å². The van der Waals surface area contributed by atoms with Crippen LogP contribution in [0.3, 0.4) is 0 Å². The van der Waals surface area contributed by atoms with Crippen LogP contribution in [0, 0.1) is 17.3 Å². The Morgan fingerprint density at radius 3 is 2.61 bits per heavy atom. The average molecular weight is 526 g/mol. The molecule has 2 heterocycles. The molecule has 2 saturated heterocycles. The van der Waals surface area contributed by atoms with E-state index in [0.717, 1.165) is 18.4 Å². The van der Waals surface area contributed by atoms with Crippen molar-refractivity contribution in [2.45, 2.75) is 103 Å². The monoisotopic (exact) mass is 526 g/mol. The number of carbonyl (C=O) groups excluding carboxylic acids is 2. The molecule has 1 aromatic rings. The maximum Gasteiger partial charge on any atom is 0.482 e. The van der Waals surface area contributed by atoms with E-state index in [9.17, 15) is 9.59 Å². The van der Waals surface area contributed by atoms with Gasteiger partial charge < -0.3 is 29.0 Å². The average Bonchev–Trinajstić information content (AvgIpc) is 3.20. The number of hydrogen-bond acceptors (Lipinski definition) is 6. The number of rotatable bonds is 5. The van der Waals surface area contributed by atoms with E-state index in [1.54, 1.807) is 4.90 Å². The van der Waals surface area contributed by atoms with Gasteiger partial charge in [0.05, 0.1) is 24.2 Å². The largest absolute Gasteiger partial charge is 0.482 e. The zero-order valence-electron chi connectivity index (χ0n) is 23.7. The number of benzene rings is 1. The molecule has 2 aliphatic heterocycles. The standard InChI is InChI=1S/C29H43BN2O6/c1-27(2,3)36-26(34)32-14-10-13-21(18-32)35-25(33)31-24(15-19-11-8-7-9-12-19)30-37-23-17-20-16-22(28(20,4)5)29(23,6)38-30/h7-9,11-12,20-24H,10,13-18H2,1-6H3,(H,31,33)/t20-,21-,22-,23+,24-,29-/m0/s1. The highest BCUT2D eigenvalue weighted by molar-refractivity contribution is 6.47. The number of nitrogens with one attached hydrogen (secondary N) is 1. The molecule has 0 spiro atoms. The van der Waals surface area contributed by atoms with Crippen LogP contribution in [0.1, 0.15) is 72.8 Å². The van der Waals surface area contributed by atoms with Gasteiger partial charge in [0.15, 0.2) is 0 Å². The minimum Gasteiger partial charge on any atom is -0.444 e. The molecule has 6 atom stereocenters. The summed E-state index contributed by atoms with van der Waals surface area (Å²) in [5.41, 5.74) is 0.396. The van der Waals surface area contributed by atoms with Gasteiger partial charge in [-0.2, -0.15) is 0 Å². The first-order valence-corrected chi connectivity index (χ1v) is 14.2. The normalized spacial score (nSPS) is 32.6. The number of piperidine rings is 1. The fourth-order valence-electron chi connectivity index (χ4n) is 7.02. The zero-order chi connectivity index (χ0) is 27.3. The fourth-order valence-corrected chi connectivity index (χ4v) is 7.02. The molecule has 3 aliphatic carbocycles. The molecule has 3 saturated carbocycles. The molecule has 208 valence electrons. The Morgan fingerprint density at radius 1 is 1.18 bits per heavy atom. The Bertz CT molecular complexity index is 1030. The molecule has 5 aliphatic rings. The van der Waals surface area contributed by atoms with Crippen molar-refractivity contribution in [3.05, 3.63) is 35.9 Å². The highest BCUT2D eigenvalue weighted by Crippen LogP contribution is 2.65. The molecule has 2 bridgehead atoms. The van der Waals surface area contributed by atoms with Crippen LogP contribution in [-0.2, 0) is 25.2 Å². The summed E-state index contributed by atoms with van der Waals surface area (Å²) in [6.45, 7) is 13.3. The molecule has 38 heavy (non-hydrogen) atoms. The Morgan fingerprint density at radius 2 is 1.92 bits per heavy atom. The number of ether oxygens (including phenoxy) is 2. The fraction of sp³-hybridized carbons (Fsp3) is 0.724. The van der Waals surface area contributed by atoms with Crippen molar-refractivity contribution < 1.29 is 28.4 Å². The number of hydrogen-bond donors (Lipinski definition) is 1. The number of carbonyl (C=O) groups is 2. The predicted octanol–water partition coefficient (Wildman–Crippen LogP) is 4.99. The van der Waals surface area contributed by atoms with E-state index in [-0.39, 0.29) is 23.2 Å². The highest BCUT2D eigenvalue weighted by atomic mass is 16.7. The first-order chi connectivity index (χ1) is 17.8. The molecule has 0 radical (unpaired) electrons. The van der Waals surface area contributed by atoms with Gasteiger partial charge in [0.25, 0.3) is 0 Å². The molecule has 0 unspecified atom stereocenters. The van der Waals surface area contributed by atoms with Gasteiger partial charge in [-0.25, -0.2) is 9.59 Å². The molecular weight excluding hydrogens is 483 g/mol. The van der Waals surface area contributed by atoms with Gasteiger partial charge in [-0.3, -0.25) is 0 Å². The Kier molecular flexibility index (Phi) is 7.22. The third kappa shape index (κ3) is 5.41. The lowest BCUT2D eigenvalue weighted by Crippen LogP contribution is -2.65. The number of amides is 2. The van der Waals surface area contributed by atoms with Crippen molar-refractivity contribution in [2.24, 2.45) is 17.3 Å². The molecule has 1 N–H and O–H groups in total. The van der Waals surface area contributed by atoms with Gasteiger partial charge in [-0.1, -0.05) is 44.2 Å². The van der Waals surface area contributed by atoms with Crippen LogP contribution in [-0.4, -0.2) is 66.6 Å². The summed E-state index contributed by atoms with van der Waals surface area (Å²) >= 11 is 0. The third-order valence-corrected chi connectivity index (χ3v) is 9.20. The first-order valence-electron chi connectivity index (χ1n) is 14.2. The molecule has 0 aromatic heterocycles. The second-order valence-corrected chi connectivity index (χ2v) is 13.4. The number of alkyl carbamates (subject to hydrolysis) is 1. The summed E-state index contributed by atoms with van der Waals surface area (Å²) in [6, 6.07) is 10.1. The van der Waals surface area contributed by atoms with E-state index in [1.165, 1.54) is 6.42 Å². The Hall–Kier alpha value is -2.26. The highest BCUT2D eigenvalue weighted by Gasteiger charge is 2.68. The molecule has 2 amide bonds. The van der Waals surface area contributed by atoms with Gasteiger partial charge in [0, 0.05) is 6.54 Å². The zero-order valence-corrected chi connectivity index (χ0v) is 23.7. The van der Waals surface area contributed by atoms with Gasteiger partial charge in [-0.05, 0) is 82.6 Å². The van der Waals surface area contributed by atoms with Crippen LogP contribution in [0.5, 0.6) is 0 Å². The topological polar surface area (TPSA) is 86.3 Å². The van der Waals surface area contributed by atoms with Crippen LogP contribution in [0.2, 0.25) is 0 Å². The molecule has 9 heteroatoms. The van der Waals surface area contributed by atoms with Gasteiger partial charge in [0.1, 0.15) is 11.7 Å². The Balaban J connectivity index is 1.24. The summed E-state index contributed by atoms with van der Waals surface area (Å²) in [5, 5.41) is 3.07. The lowest BCUT2D eigenvalue weighted by atomic mass is 9.43. The SMILES string of the molecule is CC(C)(C)OC(=O)N1CCC[C@H](OC(=O)N[C@@H](Cc2ccccc2)B2O[C@@H]3C[C@@H]4C[C@@H](C4(C)C)[C@]3(C)O2)C1. The van der Waals surface area contributed by atoms with Gasteiger partial charge in [-0.15, -0.1) is 0 Å². The summed E-state index contributed by atoms with van der Waals surface area (Å²) in [6.07, 6.45) is 2.91. The lowest BCUT2D eigenvalue weighted by molar-refractivity contribution is -0.199. The van der Waals surface area contributed by atoms with Gasteiger partial charge >= 0.3 is 19.3 Å². The molecule has 8 nitrogen and oxygen atoms in total. The van der Waals surface area contributed by atoms with Crippen LogP contribution in [0.25, 0.3) is 0 Å². The van der Waals surface area contributed by atoms with Crippen molar-refractivity contribution in [3.63, 3.8) is 0 Å². The maximum atomic E-state index is 13.2. The molecule has 1 aromatic carbocycles. The van der Waals surface area contributed by atoms with Crippen LogP contribution >= 0.6 is 0 Å². The summed E-state index contributed by atoms with van der Waals surface area (Å²) in [4.78, 5) is 27.3. The van der Waals surface area contributed by atoms with E-state index in [2.05, 4.69) is 26.1 Å². The van der Waals surface area contributed by atoms with Crippen molar-refractivity contribution in [1.29, 1.82) is 0 Å². The first kappa shape index (κ1) is 27.3. The van der Waals surface area contributed by atoms with Crippen LogP contribution in [0.4, 0.5) is 9.59 Å². The van der Waals surface area contributed by atoms with E-state index >= 15 is 0 Å². The molecule has 6 rings (SSSR count). The number of likely N-dealkylation sites (tertiary alicyclic amines) is 1. The van der Waals surface area contributed by atoms with Crippen molar-refractivity contribution in [1.82, 2.24) is 10.2 Å². The van der Waals surface area contributed by atoms with Crippen molar-refractivity contribution >= 4 is 19.3 Å². The summed E-state index contributed by atoms with van der Waals surface area (Å²) < 4.78 is 24.6. The third-order valence-electron chi connectivity index (χ3n) is 9.20. The molecular formula is C29H43BN2O6. The minimum absolute atomic E-state index is 0.0288. The second-order valence-electron chi connectivity index (χ2n) is 13.4. The minimum atomic E-state index is -0.572. The maximum absolute atomic E-state index is 13.2. The van der Waals surface area contributed by atoms with E-state index in [4.69, 9.17) is 18.8 Å². The van der Waals surface area contributed by atoms with E-state index in [0.29, 0.717) is 37.8 Å². The number of nitrogens with zero attached hydrogens (tertiary/aromatic N) is 1. The summed E-state index contributed by atoms with van der Waals surface area (Å²) in [5.74, 6) is 0.685. The predicted molar refractivity (Wildman–Crippen MR) is 144 cm³/mol. The Labute approximate surface area is 227 Å². The smallest absolute Gasteiger partial charge is 0.444 e.